The summed E-state index contributed by atoms with van der Waals surface area (Å²) in [5.74, 6) is -1.79. The van der Waals surface area contributed by atoms with Crippen LogP contribution in [0.5, 0.6) is 0 Å². The van der Waals surface area contributed by atoms with Crippen LogP contribution in [-0.2, 0) is 35.0 Å². The normalized spacial score (nSPS) is 32.6. The molecule has 3 aliphatic heterocycles. The summed E-state index contributed by atoms with van der Waals surface area (Å²) < 4.78 is 37.2. The molecule has 0 unspecified atom stereocenters. The fourth-order valence-electron chi connectivity index (χ4n) is 4.62. The zero-order chi connectivity index (χ0) is 23.1. The van der Waals surface area contributed by atoms with E-state index in [4.69, 9.17) is 28.4 Å². The molecule has 0 radical (unpaired) electrons. The van der Waals surface area contributed by atoms with Gasteiger partial charge in [-0.3, -0.25) is 0 Å². The third-order valence-corrected chi connectivity index (χ3v) is 6.19. The molecule has 0 amide bonds. The Morgan fingerprint density at radius 1 is 0.970 bits per heavy atom. The van der Waals surface area contributed by atoms with Crippen molar-refractivity contribution in [2.45, 2.75) is 70.5 Å². The Labute approximate surface area is 195 Å². The maximum absolute atomic E-state index is 6.46. The molecule has 0 aromatic heterocycles. The Morgan fingerprint density at radius 2 is 1.70 bits per heavy atom. The number of rotatable bonds is 5. The number of benzene rings is 2. The summed E-state index contributed by atoms with van der Waals surface area (Å²) in [5.41, 5.74) is 4.55. The molecule has 176 valence electrons. The van der Waals surface area contributed by atoms with E-state index in [-0.39, 0.29) is 18.8 Å². The first-order valence-corrected chi connectivity index (χ1v) is 11.5. The van der Waals surface area contributed by atoms with Crippen molar-refractivity contribution in [3.05, 3.63) is 71.8 Å². The predicted molar refractivity (Wildman–Crippen MR) is 123 cm³/mol. The van der Waals surface area contributed by atoms with Crippen molar-refractivity contribution < 1.29 is 28.4 Å². The van der Waals surface area contributed by atoms with Crippen LogP contribution in [0.3, 0.4) is 0 Å². The number of fused-ring (bicyclic) bond motifs is 1. The average Bonchev–Trinajstić information content (AvgIpc) is 3.33. The van der Waals surface area contributed by atoms with Crippen molar-refractivity contribution in [2.75, 3.05) is 13.2 Å². The Morgan fingerprint density at radius 3 is 2.36 bits per heavy atom. The summed E-state index contributed by atoms with van der Waals surface area (Å²) >= 11 is 0. The fourth-order valence-corrected chi connectivity index (χ4v) is 4.62. The summed E-state index contributed by atoms with van der Waals surface area (Å²) in [6.07, 6.45) is 0.507. The molecule has 3 heterocycles. The molecule has 3 fully saturated rings. The van der Waals surface area contributed by atoms with Crippen LogP contribution < -0.4 is 0 Å². The maximum Gasteiger partial charge on any atom is 0.224 e. The van der Waals surface area contributed by atoms with Gasteiger partial charge in [0.05, 0.1) is 13.2 Å². The Kier molecular flexibility index (Phi) is 6.16. The molecular formula is C27H32O6. The second-order valence-electron chi connectivity index (χ2n) is 9.60. The van der Waals surface area contributed by atoms with Crippen molar-refractivity contribution >= 4 is 0 Å². The highest BCUT2D eigenvalue weighted by Crippen LogP contribution is 2.44. The lowest BCUT2D eigenvalue weighted by molar-refractivity contribution is -0.335. The van der Waals surface area contributed by atoms with Gasteiger partial charge in [0, 0.05) is 0 Å². The molecule has 0 bridgehead atoms. The molecular weight excluding hydrogens is 420 g/mol. The molecule has 1 spiro atoms. The van der Waals surface area contributed by atoms with Crippen LogP contribution in [0.15, 0.2) is 66.2 Å². The van der Waals surface area contributed by atoms with Gasteiger partial charge < -0.3 is 28.4 Å². The van der Waals surface area contributed by atoms with Crippen molar-refractivity contribution in [3.8, 4) is 11.1 Å². The van der Waals surface area contributed by atoms with Crippen LogP contribution in [0.1, 0.15) is 33.3 Å². The van der Waals surface area contributed by atoms with Gasteiger partial charge >= 0.3 is 0 Å². The fraction of sp³-hybridized carbons (Fsp3) is 0.481. The first kappa shape index (κ1) is 22.7. The lowest BCUT2D eigenvalue weighted by Gasteiger charge is -2.43. The number of hydrogen-bond acceptors (Lipinski definition) is 6. The maximum atomic E-state index is 6.46. The minimum Gasteiger partial charge on any atom is -0.365 e. The van der Waals surface area contributed by atoms with E-state index in [2.05, 4.69) is 36.4 Å². The van der Waals surface area contributed by atoms with E-state index in [1.807, 2.05) is 52.0 Å². The third kappa shape index (κ3) is 4.78. The second-order valence-corrected chi connectivity index (χ2v) is 9.60. The molecule has 3 saturated heterocycles. The molecule has 2 aromatic carbocycles. The van der Waals surface area contributed by atoms with Crippen LogP contribution in [0, 0.1) is 0 Å². The number of hydrogen-bond donors (Lipinski definition) is 0. The Bertz CT molecular complexity index is 981. The van der Waals surface area contributed by atoms with Gasteiger partial charge in [-0.25, -0.2) is 0 Å². The van der Waals surface area contributed by atoms with Crippen LogP contribution >= 0.6 is 0 Å². The van der Waals surface area contributed by atoms with Crippen molar-refractivity contribution in [1.29, 1.82) is 0 Å². The van der Waals surface area contributed by atoms with E-state index in [1.54, 1.807) is 0 Å². The van der Waals surface area contributed by atoms with E-state index in [0.29, 0.717) is 13.2 Å². The quantitative estimate of drug-likeness (QED) is 0.606. The standard InChI is InChI=1S/C27H32O6/c1-18(2)14-23-31-22-16-29-27(17-30-26(3,4)33-27)25(24(22)32-23)28-15-19-10-12-21(13-11-19)20-8-6-5-7-9-20/h5-14,22-25H,15-17H2,1-4H3/t22-,23-,24-,25+,27+/m1/s1. The summed E-state index contributed by atoms with van der Waals surface area (Å²) in [6.45, 7) is 8.85. The van der Waals surface area contributed by atoms with Crippen molar-refractivity contribution in [1.82, 2.24) is 0 Å². The van der Waals surface area contributed by atoms with E-state index in [1.165, 1.54) is 11.1 Å². The summed E-state index contributed by atoms with van der Waals surface area (Å²) in [5, 5.41) is 0. The topological polar surface area (TPSA) is 55.4 Å². The first-order chi connectivity index (χ1) is 15.8. The third-order valence-electron chi connectivity index (χ3n) is 6.19. The summed E-state index contributed by atoms with van der Waals surface area (Å²) in [7, 11) is 0. The Balaban J connectivity index is 1.34. The van der Waals surface area contributed by atoms with E-state index >= 15 is 0 Å². The minimum atomic E-state index is -1.03. The second kappa shape index (κ2) is 8.95. The summed E-state index contributed by atoms with van der Waals surface area (Å²) in [6, 6.07) is 18.7. The van der Waals surface area contributed by atoms with Crippen molar-refractivity contribution in [3.63, 3.8) is 0 Å². The highest BCUT2D eigenvalue weighted by Gasteiger charge is 2.62. The molecule has 6 nitrogen and oxygen atoms in total. The zero-order valence-electron chi connectivity index (χ0n) is 19.7. The van der Waals surface area contributed by atoms with Crippen molar-refractivity contribution in [2.24, 2.45) is 0 Å². The van der Waals surface area contributed by atoms with Crippen LogP contribution in [0.2, 0.25) is 0 Å². The number of allylic oxidation sites excluding steroid dienone is 1. The van der Waals surface area contributed by atoms with E-state index in [0.717, 1.165) is 11.1 Å². The molecule has 6 heteroatoms. The summed E-state index contributed by atoms with van der Waals surface area (Å²) in [4.78, 5) is 0. The molecule has 0 aliphatic carbocycles. The SMILES string of the molecule is CC(C)=C[C@H]1O[C@@H]2[C@@H](CO[C@]3(COC(C)(C)O3)[C@H]2OCc2ccc(-c3ccccc3)cc2)O1. The van der Waals surface area contributed by atoms with E-state index < -0.39 is 24.0 Å². The van der Waals surface area contributed by atoms with Gasteiger partial charge in [0.2, 0.25) is 5.79 Å². The van der Waals surface area contributed by atoms with Gasteiger partial charge in [0.1, 0.15) is 24.9 Å². The zero-order valence-corrected chi connectivity index (χ0v) is 19.7. The Hall–Kier alpha value is -2.06. The smallest absolute Gasteiger partial charge is 0.224 e. The highest BCUT2D eigenvalue weighted by molar-refractivity contribution is 5.63. The minimum absolute atomic E-state index is 0.228. The predicted octanol–water partition coefficient (Wildman–Crippen LogP) is 4.82. The molecule has 0 N–H and O–H groups in total. The monoisotopic (exact) mass is 452 g/mol. The lowest BCUT2D eigenvalue weighted by atomic mass is 9.97. The highest BCUT2D eigenvalue weighted by atomic mass is 16.9. The van der Waals surface area contributed by atoms with Crippen LogP contribution in [0.25, 0.3) is 11.1 Å². The molecule has 0 saturated carbocycles. The van der Waals surface area contributed by atoms with Crippen LogP contribution in [-0.4, -0.2) is 49.4 Å². The van der Waals surface area contributed by atoms with Gasteiger partial charge in [0.15, 0.2) is 12.1 Å². The molecule has 5 rings (SSSR count). The molecule has 2 aromatic rings. The van der Waals surface area contributed by atoms with E-state index in [9.17, 15) is 0 Å². The van der Waals surface area contributed by atoms with Gasteiger partial charge in [-0.1, -0.05) is 60.2 Å². The number of ether oxygens (including phenoxy) is 6. The van der Waals surface area contributed by atoms with Gasteiger partial charge in [-0.15, -0.1) is 0 Å². The van der Waals surface area contributed by atoms with Gasteiger partial charge in [-0.2, -0.15) is 0 Å². The molecule has 5 atom stereocenters. The van der Waals surface area contributed by atoms with Gasteiger partial charge in [-0.05, 0) is 50.5 Å². The lowest BCUT2D eigenvalue weighted by Crippen LogP contribution is -2.62. The molecule has 33 heavy (non-hydrogen) atoms. The van der Waals surface area contributed by atoms with Crippen LogP contribution in [0.4, 0.5) is 0 Å². The largest absolute Gasteiger partial charge is 0.365 e. The van der Waals surface area contributed by atoms with Gasteiger partial charge in [0.25, 0.3) is 0 Å². The average molecular weight is 453 g/mol. The first-order valence-electron chi connectivity index (χ1n) is 11.5. The molecule has 3 aliphatic rings.